The molecule has 1 nitrogen and oxygen atoms in total. The maximum atomic E-state index is 4.93. The smallest absolute Gasteiger partial charge is 0.0784 e. The average molecular weight is 270 g/mol. The van der Waals surface area contributed by atoms with E-state index in [1.54, 1.807) is 23.2 Å². The number of rotatable bonds is 4. The van der Waals surface area contributed by atoms with Crippen molar-refractivity contribution in [2.45, 2.75) is 38.5 Å². The van der Waals surface area contributed by atoms with Crippen LogP contribution in [0.3, 0.4) is 0 Å². The second-order valence-electron chi connectivity index (χ2n) is 4.74. The normalized spacial score (nSPS) is 25.8. The first-order chi connectivity index (χ1) is 8.40. The summed E-state index contributed by atoms with van der Waals surface area (Å²) in [5.41, 5.74) is 1.76. The van der Waals surface area contributed by atoms with Gasteiger partial charge in [0.25, 0.3) is 0 Å². The summed E-state index contributed by atoms with van der Waals surface area (Å²) in [6.07, 6.45) is 12.0. The molecule has 3 heteroatoms. The van der Waals surface area contributed by atoms with Crippen LogP contribution in [0.1, 0.15) is 38.5 Å². The molecule has 0 spiro atoms. The summed E-state index contributed by atoms with van der Waals surface area (Å²) in [5, 5.41) is 0. The van der Waals surface area contributed by atoms with E-state index in [1.165, 1.54) is 50.0 Å². The molecule has 2 rings (SSSR count). The predicted molar refractivity (Wildman–Crippen MR) is 79.3 cm³/mol. The van der Waals surface area contributed by atoms with Crippen LogP contribution in [0.25, 0.3) is 0 Å². The van der Waals surface area contributed by atoms with E-state index in [0.29, 0.717) is 0 Å². The lowest BCUT2D eigenvalue weighted by Gasteiger charge is -2.15. The number of hydrogen-bond donors (Lipinski definition) is 0. The van der Waals surface area contributed by atoms with Crippen molar-refractivity contribution in [1.29, 1.82) is 0 Å². The van der Waals surface area contributed by atoms with Crippen LogP contribution >= 0.6 is 23.5 Å². The van der Waals surface area contributed by atoms with Crippen LogP contribution in [0.5, 0.6) is 0 Å². The number of allylic oxidation sites excluding steroid dienone is 2. The van der Waals surface area contributed by atoms with E-state index in [-0.39, 0.29) is 0 Å². The Morgan fingerprint density at radius 2 is 2.18 bits per heavy atom. The molecular formula is C14H22OS2. The molecule has 0 bridgehead atoms. The van der Waals surface area contributed by atoms with Gasteiger partial charge in [0.1, 0.15) is 0 Å². The van der Waals surface area contributed by atoms with Gasteiger partial charge in [0, 0.05) is 4.24 Å². The summed E-state index contributed by atoms with van der Waals surface area (Å²) >= 11 is 4.21. The first kappa shape index (κ1) is 13.4. The van der Waals surface area contributed by atoms with Gasteiger partial charge in [0.05, 0.1) is 13.4 Å². The molecule has 0 aromatic carbocycles. The maximum Gasteiger partial charge on any atom is 0.0784 e. The molecule has 1 saturated carbocycles. The van der Waals surface area contributed by atoms with Crippen LogP contribution in [0.15, 0.2) is 22.1 Å². The summed E-state index contributed by atoms with van der Waals surface area (Å²) in [5.74, 6) is 3.60. The van der Waals surface area contributed by atoms with E-state index in [4.69, 9.17) is 4.74 Å². The van der Waals surface area contributed by atoms with Crippen LogP contribution in [-0.2, 0) is 4.74 Å². The number of thioether (sulfide) groups is 2. The Labute approximate surface area is 113 Å². The predicted octanol–water partition coefficient (Wildman–Crippen LogP) is 4.81. The monoisotopic (exact) mass is 270 g/mol. The third kappa shape index (κ3) is 4.29. The SMILES string of the molecule is CO/C=C/CCC1CCC(=C2SCCCS2)C1. The van der Waals surface area contributed by atoms with Gasteiger partial charge in [-0.1, -0.05) is 0 Å². The fraction of sp³-hybridized carbons (Fsp3) is 0.714. The molecule has 1 atom stereocenters. The van der Waals surface area contributed by atoms with Crippen molar-refractivity contribution in [3.63, 3.8) is 0 Å². The molecule has 17 heavy (non-hydrogen) atoms. The van der Waals surface area contributed by atoms with Crippen LogP contribution in [0.4, 0.5) is 0 Å². The topological polar surface area (TPSA) is 9.23 Å². The molecule has 2 fully saturated rings. The molecule has 0 aromatic rings. The van der Waals surface area contributed by atoms with Gasteiger partial charge in [-0.3, -0.25) is 0 Å². The Morgan fingerprint density at radius 3 is 2.94 bits per heavy atom. The summed E-state index contributed by atoms with van der Waals surface area (Å²) in [6, 6.07) is 0. The Morgan fingerprint density at radius 1 is 1.35 bits per heavy atom. The fourth-order valence-electron chi connectivity index (χ4n) is 2.49. The molecule has 1 aliphatic heterocycles. The van der Waals surface area contributed by atoms with Crippen molar-refractivity contribution in [1.82, 2.24) is 0 Å². The number of ether oxygens (including phenoxy) is 1. The molecular weight excluding hydrogens is 248 g/mol. The summed E-state index contributed by atoms with van der Waals surface area (Å²) in [4.78, 5) is 0. The average Bonchev–Trinajstić information content (AvgIpc) is 2.85. The zero-order valence-electron chi connectivity index (χ0n) is 10.6. The van der Waals surface area contributed by atoms with Gasteiger partial charge >= 0.3 is 0 Å². The van der Waals surface area contributed by atoms with Gasteiger partial charge in [-0.2, -0.15) is 0 Å². The van der Waals surface area contributed by atoms with E-state index in [2.05, 4.69) is 29.6 Å². The second-order valence-corrected chi connectivity index (χ2v) is 7.20. The van der Waals surface area contributed by atoms with Gasteiger partial charge in [-0.15, -0.1) is 23.5 Å². The van der Waals surface area contributed by atoms with Crippen molar-refractivity contribution in [3.8, 4) is 0 Å². The maximum absolute atomic E-state index is 4.93. The van der Waals surface area contributed by atoms with Crippen molar-refractivity contribution in [3.05, 3.63) is 22.1 Å². The van der Waals surface area contributed by atoms with Crippen LogP contribution in [-0.4, -0.2) is 18.6 Å². The van der Waals surface area contributed by atoms with Crippen LogP contribution < -0.4 is 0 Å². The molecule has 1 heterocycles. The van der Waals surface area contributed by atoms with Crippen molar-refractivity contribution >= 4 is 23.5 Å². The molecule has 0 N–H and O–H groups in total. The molecule has 1 aliphatic carbocycles. The Balaban J connectivity index is 1.76. The van der Waals surface area contributed by atoms with E-state index >= 15 is 0 Å². The van der Waals surface area contributed by atoms with E-state index in [9.17, 15) is 0 Å². The van der Waals surface area contributed by atoms with E-state index in [1.807, 2.05) is 0 Å². The molecule has 0 radical (unpaired) electrons. The first-order valence-electron chi connectivity index (χ1n) is 6.55. The summed E-state index contributed by atoms with van der Waals surface area (Å²) in [7, 11) is 1.71. The van der Waals surface area contributed by atoms with Crippen molar-refractivity contribution in [2.24, 2.45) is 5.92 Å². The van der Waals surface area contributed by atoms with Crippen molar-refractivity contribution < 1.29 is 4.74 Å². The standard InChI is InChI=1S/C14H22OS2/c1-15-8-3-2-5-12-6-7-13(11-12)14-16-9-4-10-17-14/h3,8,12H,2,4-7,9-11H2,1H3/b8-3+. The molecule has 0 aromatic heterocycles. The third-order valence-corrected chi connectivity index (χ3v) is 6.20. The fourth-order valence-corrected chi connectivity index (χ4v) is 5.24. The van der Waals surface area contributed by atoms with Crippen LogP contribution in [0.2, 0.25) is 0 Å². The van der Waals surface area contributed by atoms with Crippen molar-refractivity contribution in [2.75, 3.05) is 18.6 Å². The third-order valence-electron chi connectivity index (χ3n) is 3.41. The second kappa shape index (κ2) is 7.42. The van der Waals surface area contributed by atoms with Gasteiger partial charge in [0.2, 0.25) is 0 Å². The molecule has 0 amide bonds. The summed E-state index contributed by atoms with van der Waals surface area (Å²) < 4.78 is 6.60. The van der Waals surface area contributed by atoms with Gasteiger partial charge in [-0.25, -0.2) is 0 Å². The highest BCUT2D eigenvalue weighted by atomic mass is 32.2. The largest absolute Gasteiger partial charge is 0.505 e. The highest BCUT2D eigenvalue weighted by Crippen LogP contribution is 2.44. The van der Waals surface area contributed by atoms with Gasteiger partial charge in [0.15, 0.2) is 0 Å². The first-order valence-corrected chi connectivity index (χ1v) is 8.52. The molecule has 96 valence electrons. The Kier molecular flexibility index (Phi) is 5.86. The minimum absolute atomic E-state index is 0.919. The number of hydrogen-bond acceptors (Lipinski definition) is 3. The van der Waals surface area contributed by atoms with E-state index < -0.39 is 0 Å². The lowest BCUT2D eigenvalue weighted by atomic mass is 10.0. The minimum atomic E-state index is 0.919. The van der Waals surface area contributed by atoms with Crippen LogP contribution in [0, 0.1) is 5.92 Å². The molecule has 2 aliphatic rings. The van der Waals surface area contributed by atoms with Gasteiger partial charge < -0.3 is 4.74 Å². The van der Waals surface area contributed by atoms with E-state index in [0.717, 1.165) is 5.92 Å². The quantitative estimate of drug-likeness (QED) is 0.679. The van der Waals surface area contributed by atoms with Gasteiger partial charge in [-0.05, 0) is 67.6 Å². The highest BCUT2D eigenvalue weighted by Gasteiger charge is 2.22. The zero-order chi connectivity index (χ0) is 11.9. The zero-order valence-corrected chi connectivity index (χ0v) is 12.2. The minimum Gasteiger partial charge on any atom is -0.505 e. The summed E-state index contributed by atoms with van der Waals surface area (Å²) in [6.45, 7) is 0. The Hall–Kier alpha value is -0.0200. The lowest BCUT2D eigenvalue weighted by Crippen LogP contribution is -1.95. The molecule has 1 saturated heterocycles. The lowest BCUT2D eigenvalue weighted by molar-refractivity contribution is 0.335. The molecule has 1 unspecified atom stereocenters. The Bertz CT molecular complexity index is 289. The number of methoxy groups -OCH3 is 1. The highest BCUT2D eigenvalue weighted by molar-refractivity contribution is 8.22.